The Morgan fingerprint density at radius 3 is 2.81 bits per heavy atom. The molecule has 3 rings (SSSR count). The maximum atomic E-state index is 12.1. The minimum absolute atomic E-state index is 0.0971. The van der Waals surface area contributed by atoms with Crippen LogP contribution in [0.5, 0.6) is 0 Å². The van der Waals surface area contributed by atoms with Gasteiger partial charge in [-0.25, -0.2) is 0 Å². The van der Waals surface area contributed by atoms with Gasteiger partial charge in [-0.3, -0.25) is 4.79 Å². The molecule has 2 aromatic carbocycles. The lowest BCUT2D eigenvalue weighted by Gasteiger charge is -2.07. The van der Waals surface area contributed by atoms with Crippen LogP contribution in [0.2, 0.25) is 10.0 Å². The number of aromatic nitrogens is 1. The number of hydrogen-bond acceptors (Lipinski definition) is 3. The standard InChI is InChI=1S/C15H10Cl2N2O2/c16-10-5-3-6-11(15(10)17)18-14(20)8-12-9-4-1-2-7-13(9)21-19-12/h1-7H,8H2,(H,18,20). The third-order valence-corrected chi connectivity index (χ3v) is 3.82. The molecule has 0 aliphatic carbocycles. The van der Waals surface area contributed by atoms with Crippen molar-refractivity contribution in [3.05, 3.63) is 58.2 Å². The Balaban J connectivity index is 1.79. The van der Waals surface area contributed by atoms with E-state index in [0.29, 0.717) is 27.0 Å². The van der Waals surface area contributed by atoms with Crippen molar-refractivity contribution in [1.82, 2.24) is 5.16 Å². The van der Waals surface area contributed by atoms with Gasteiger partial charge < -0.3 is 9.84 Å². The van der Waals surface area contributed by atoms with Crippen molar-refractivity contribution in [2.24, 2.45) is 0 Å². The number of nitrogens with one attached hydrogen (secondary N) is 1. The van der Waals surface area contributed by atoms with Gasteiger partial charge in [0.15, 0.2) is 5.58 Å². The number of fused-ring (bicyclic) bond motifs is 1. The van der Waals surface area contributed by atoms with Crippen LogP contribution in [-0.2, 0) is 11.2 Å². The summed E-state index contributed by atoms with van der Waals surface area (Å²) in [7, 11) is 0. The van der Waals surface area contributed by atoms with Crippen molar-refractivity contribution in [1.29, 1.82) is 0 Å². The minimum atomic E-state index is -0.238. The summed E-state index contributed by atoms with van der Waals surface area (Å²) in [6.45, 7) is 0. The van der Waals surface area contributed by atoms with E-state index in [9.17, 15) is 4.79 Å². The minimum Gasteiger partial charge on any atom is -0.356 e. The van der Waals surface area contributed by atoms with Crippen molar-refractivity contribution in [2.75, 3.05) is 5.32 Å². The third kappa shape index (κ3) is 2.86. The molecule has 21 heavy (non-hydrogen) atoms. The van der Waals surface area contributed by atoms with Gasteiger partial charge in [0.05, 0.1) is 22.2 Å². The molecule has 0 saturated carbocycles. The average molecular weight is 321 g/mol. The van der Waals surface area contributed by atoms with Crippen LogP contribution in [0.3, 0.4) is 0 Å². The number of benzene rings is 2. The lowest BCUT2D eigenvalue weighted by molar-refractivity contribution is -0.115. The highest BCUT2D eigenvalue weighted by Crippen LogP contribution is 2.29. The summed E-state index contributed by atoms with van der Waals surface area (Å²) >= 11 is 11.9. The van der Waals surface area contributed by atoms with Gasteiger partial charge >= 0.3 is 0 Å². The second-order valence-electron chi connectivity index (χ2n) is 4.45. The highest BCUT2D eigenvalue weighted by Gasteiger charge is 2.13. The zero-order chi connectivity index (χ0) is 14.8. The van der Waals surface area contributed by atoms with E-state index >= 15 is 0 Å². The Bertz CT molecular complexity index is 814. The van der Waals surface area contributed by atoms with Crippen LogP contribution >= 0.6 is 23.2 Å². The van der Waals surface area contributed by atoms with Gasteiger partial charge in [-0.15, -0.1) is 0 Å². The molecule has 0 saturated heterocycles. The smallest absolute Gasteiger partial charge is 0.230 e. The Hall–Kier alpha value is -2.04. The number of rotatable bonds is 3. The lowest BCUT2D eigenvalue weighted by Crippen LogP contribution is -2.15. The number of anilines is 1. The number of nitrogens with zero attached hydrogens (tertiary/aromatic N) is 1. The molecular formula is C15H10Cl2N2O2. The molecule has 1 N–H and O–H groups in total. The van der Waals surface area contributed by atoms with Gasteiger partial charge in [0.1, 0.15) is 5.69 Å². The average Bonchev–Trinajstić information content (AvgIpc) is 2.87. The first kappa shape index (κ1) is 13.9. The van der Waals surface area contributed by atoms with Gasteiger partial charge in [0.2, 0.25) is 5.91 Å². The largest absolute Gasteiger partial charge is 0.356 e. The predicted octanol–water partition coefficient (Wildman–Crippen LogP) is 4.32. The lowest BCUT2D eigenvalue weighted by atomic mass is 10.1. The summed E-state index contributed by atoms with van der Waals surface area (Å²) in [5.41, 5.74) is 1.71. The molecule has 106 valence electrons. The predicted molar refractivity (Wildman–Crippen MR) is 82.8 cm³/mol. The molecule has 0 bridgehead atoms. The monoisotopic (exact) mass is 320 g/mol. The molecule has 0 spiro atoms. The van der Waals surface area contributed by atoms with Crippen molar-refractivity contribution >= 4 is 45.8 Å². The van der Waals surface area contributed by atoms with Crippen molar-refractivity contribution in [3.8, 4) is 0 Å². The molecule has 6 heteroatoms. The van der Waals surface area contributed by atoms with Crippen LogP contribution in [0.4, 0.5) is 5.69 Å². The van der Waals surface area contributed by atoms with Crippen LogP contribution in [-0.4, -0.2) is 11.1 Å². The quantitative estimate of drug-likeness (QED) is 0.782. The summed E-state index contributed by atoms with van der Waals surface area (Å²) in [6, 6.07) is 12.4. The first-order valence-electron chi connectivity index (χ1n) is 6.22. The number of hydrogen-bond donors (Lipinski definition) is 1. The molecule has 1 heterocycles. The van der Waals surface area contributed by atoms with Gasteiger partial charge in [-0.05, 0) is 24.3 Å². The second kappa shape index (κ2) is 5.76. The molecule has 4 nitrogen and oxygen atoms in total. The van der Waals surface area contributed by atoms with Crippen LogP contribution < -0.4 is 5.32 Å². The zero-order valence-electron chi connectivity index (χ0n) is 10.8. The molecule has 0 fully saturated rings. The number of halogens is 2. The van der Waals surface area contributed by atoms with E-state index in [2.05, 4.69) is 10.5 Å². The van der Waals surface area contributed by atoms with Gasteiger partial charge in [0.25, 0.3) is 0 Å². The van der Waals surface area contributed by atoms with Crippen molar-refractivity contribution < 1.29 is 9.32 Å². The number of carbonyl (C=O) groups is 1. The maximum absolute atomic E-state index is 12.1. The summed E-state index contributed by atoms with van der Waals surface area (Å²) in [5, 5.41) is 8.17. The van der Waals surface area contributed by atoms with Crippen LogP contribution in [0, 0.1) is 0 Å². The molecule has 0 unspecified atom stereocenters. The van der Waals surface area contributed by atoms with Crippen molar-refractivity contribution in [2.45, 2.75) is 6.42 Å². The van der Waals surface area contributed by atoms with E-state index in [0.717, 1.165) is 5.39 Å². The molecule has 0 aliphatic heterocycles. The first-order valence-corrected chi connectivity index (χ1v) is 6.98. The molecule has 3 aromatic rings. The SMILES string of the molecule is O=C(Cc1noc2ccccc12)Nc1cccc(Cl)c1Cl. The molecule has 0 aliphatic rings. The van der Waals surface area contributed by atoms with Crippen LogP contribution in [0.1, 0.15) is 5.69 Å². The van der Waals surface area contributed by atoms with Crippen molar-refractivity contribution in [3.63, 3.8) is 0 Å². The van der Waals surface area contributed by atoms with E-state index in [-0.39, 0.29) is 12.3 Å². The molecular weight excluding hydrogens is 311 g/mol. The van der Waals surface area contributed by atoms with Gasteiger partial charge in [-0.1, -0.05) is 46.6 Å². The van der Waals surface area contributed by atoms with E-state index in [1.165, 1.54) is 0 Å². The first-order chi connectivity index (χ1) is 10.1. The molecule has 0 radical (unpaired) electrons. The topological polar surface area (TPSA) is 55.1 Å². The Morgan fingerprint density at radius 1 is 1.14 bits per heavy atom. The van der Waals surface area contributed by atoms with E-state index in [1.54, 1.807) is 24.3 Å². The zero-order valence-corrected chi connectivity index (χ0v) is 12.3. The van der Waals surface area contributed by atoms with E-state index < -0.39 is 0 Å². The number of carbonyl (C=O) groups excluding carboxylic acids is 1. The Morgan fingerprint density at radius 2 is 1.95 bits per heavy atom. The summed E-state index contributed by atoms with van der Waals surface area (Å²) in [4.78, 5) is 12.1. The Kier molecular flexibility index (Phi) is 3.82. The summed E-state index contributed by atoms with van der Waals surface area (Å²) in [5.74, 6) is -0.238. The number of para-hydroxylation sites is 1. The fraction of sp³-hybridized carbons (Fsp3) is 0.0667. The fourth-order valence-electron chi connectivity index (χ4n) is 2.01. The van der Waals surface area contributed by atoms with Gasteiger partial charge in [-0.2, -0.15) is 0 Å². The molecule has 0 atom stereocenters. The third-order valence-electron chi connectivity index (χ3n) is 3.01. The van der Waals surface area contributed by atoms with Crippen LogP contribution in [0.15, 0.2) is 47.0 Å². The highest BCUT2D eigenvalue weighted by molar-refractivity contribution is 6.44. The maximum Gasteiger partial charge on any atom is 0.230 e. The van der Waals surface area contributed by atoms with E-state index in [4.69, 9.17) is 27.7 Å². The second-order valence-corrected chi connectivity index (χ2v) is 5.24. The fourth-order valence-corrected chi connectivity index (χ4v) is 2.36. The molecule has 1 amide bonds. The Labute approximate surface area is 130 Å². The number of amides is 1. The summed E-state index contributed by atoms with van der Waals surface area (Å²) < 4.78 is 5.17. The van der Waals surface area contributed by atoms with E-state index in [1.807, 2.05) is 18.2 Å². The summed E-state index contributed by atoms with van der Waals surface area (Å²) in [6.07, 6.45) is 0.0971. The van der Waals surface area contributed by atoms with Gasteiger partial charge in [0, 0.05) is 5.39 Å². The normalized spacial score (nSPS) is 10.8. The highest BCUT2D eigenvalue weighted by atomic mass is 35.5. The van der Waals surface area contributed by atoms with Crippen LogP contribution in [0.25, 0.3) is 11.0 Å². The molecule has 1 aromatic heterocycles.